The van der Waals surface area contributed by atoms with Gasteiger partial charge in [-0.1, -0.05) is 24.3 Å². The molecule has 1 N–H and O–H groups in total. The molecule has 0 radical (unpaired) electrons. The number of rotatable bonds is 7. The first-order chi connectivity index (χ1) is 10.6. The van der Waals surface area contributed by atoms with E-state index in [1.807, 2.05) is 4.90 Å². The minimum Gasteiger partial charge on any atom is -0.334 e. The number of aromatic nitrogens is 1. The Morgan fingerprint density at radius 3 is 2.59 bits per heavy atom. The Morgan fingerprint density at radius 1 is 1.27 bits per heavy atom. The van der Waals surface area contributed by atoms with Crippen molar-refractivity contribution < 1.29 is 9.69 Å². The molecule has 0 atom stereocenters. The van der Waals surface area contributed by atoms with Gasteiger partial charge in [-0.2, -0.15) is 0 Å². The van der Waals surface area contributed by atoms with Gasteiger partial charge in [-0.15, -0.1) is 0 Å². The van der Waals surface area contributed by atoms with Crippen LogP contribution in [0.4, 0.5) is 5.13 Å². The first-order valence-corrected chi connectivity index (χ1v) is 8.91. The van der Waals surface area contributed by atoms with Gasteiger partial charge in [-0.05, 0) is 38.0 Å². The van der Waals surface area contributed by atoms with Crippen molar-refractivity contribution in [1.29, 1.82) is 0 Å². The molecule has 2 aromatic rings. The summed E-state index contributed by atoms with van der Waals surface area (Å²) in [6, 6.07) is 6.36. The number of nitrogens with one attached hydrogen (secondary N) is 1. The fraction of sp³-hybridized carbons (Fsp3) is 0.529. The molecule has 2 rings (SSSR count). The average Bonchev–Trinajstić information content (AvgIpc) is 2.93. The van der Waals surface area contributed by atoms with E-state index in [-0.39, 0.29) is 5.91 Å². The normalized spacial score (nSPS) is 11.3. The van der Waals surface area contributed by atoms with E-state index >= 15 is 0 Å². The molecule has 0 aliphatic heterocycles. The molecule has 5 heteroatoms. The summed E-state index contributed by atoms with van der Waals surface area (Å²) in [5, 5.41) is 0.822. The van der Waals surface area contributed by atoms with Crippen LogP contribution in [-0.4, -0.2) is 37.1 Å². The van der Waals surface area contributed by atoms with Crippen LogP contribution in [0.25, 0.3) is 10.2 Å². The van der Waals surface area contributed by atoms with Crippen molar-refractivity contribution in [2.75, 3.05) is 31.1 Å². The number of aryl methyl sites for hydroxylation is 1. The van der Waals surface area contributed by atoms with Crippen molar-refractivity contribution >= 4 is 32.6 Å². The van der Waals surface area contributed by atoms with Crippen LogP contribution in [-0.2, 0) is 11.2 Å². The van der Waals surface area contributed by atoms with Crippen molar-refractivity contribution in [3.05, 3.63) is 23.8 Å². The molecular weight excluding hydrogens is 294 g/mol. The second-order valence-corrected chi connectivity index (χ2v) is 6.54. The van der Waals surface area contributed by atoms with Gasteiger partial charge in [0.25, 0.3) is 0 Å². The molecule has 1 aromatic carbocycles. The molecule has 0 saturated heterocycles. The lowest BCUT2D eigenvalue weighted by molar-refractivity contribution is -0.894. The van der Waals surface area contributed by atoms with Gasteiger partial charge < -0.3 is 4.90 Å². The number of anilines is 1. The Hall–Kier alpha value is -1.46. The molecule has 0 bridgehead atoms. The molecule has 0 spiro atoms. The number of thiazole rings is 1. The summed E-state index contributed by atoms with van der Waals surface area (Å²) >= 11 is 1.61. The van der Waals surface area contributed by atoms with Crippen molar-refractivity contribution in [1.82, 2.24) is 4.98 Å². The van der Waals surface area contributed by atoms with E-state index in [1.54, 1.807) is 18.3 Å². The van der Waals surface area contributed by atoms with E-state index in [4.69, 9.17) is 0 Å². The maximum atomic E-state index is 12.0. The first kappa shape index (κ1) is 16.9. The summed E-state index contributed by atoms with van der Waals surface area (Å²) in [5.74, 6) is 0.0707. The van der Waals surface area contributed by atoms with Crippen LogP contribution in [0.2, 0.25) is 0 Å². The van der Waals surface area contributed by atoms with Crippen molar-refractivity contribution in [3.8, 4) is 0 Å². The van der Waals surface area contributed by atoms with Crippen LogP contribution in [0.1, 0.15) is 33.3 Å². The summed E-state index contributed by atoms with van der Waals surface area (Å²) < 4.78 is 1.16. The van der Waals surface area contributed by atoms with Gasteiger partial charge in [0.15, 0.2) is 5.13 Å². The van der Waals surface area contributed by atoms with E-state index in [1.165, 1.54) is 10.5 Å². The molecule has 1 aromatic heterocycles. The van der Waals surface area contributed by atoms with E-state index in [2.05, 4.69) is 44.0 Å². The second kappa shape index (κ2) is 7.70. The van der Waals surface area contributed by atoms with Crippen LogP contribution in [0.3, 0.4) is 0 Å². The van der Waals surface area contributed by atoms with Crippen LogP contribution in [0, 0.1) is 0 Å². The standard InChI is InChI=1S/C17H25N3OS/c1-5-14-8-9-15-16(12-14)22-17(18-15)20(13(4)21)11-10-19(6-2)7-3/h8-9,12H,5-7,10-11H2,1-4H3/p+1. The predicted molar refractivity (Wildman–Crippen MR) is 93.9 cm³/mol. The number of hydrogen-bond acceptors (Lipinski definition) is 3. The number of carbonyl (C=O) groups is 1. The SMILES string of the molecule is CCc1ccc2nc(N(CC[NH+](CC)CC)C(C)=O)sc2c1. The lowest BCUT2D eigenvalue weighted by Crippen LogP contribution is -3.12. The molecular formula is C17H26N3OS+. The molecule has 0 aliphatic carbocycles. The molecule has 120 valence electrons. The molecule has 0 aliphatic rings. The number of amides is 1. The zero-order valence-electron chi connectivity index (χ0n) is 14.0. The number of fused-ring (bicyclic) bond motifs is 1. The van der Waals surface area contributed by atoms with Crippen LogP contribution >= 0.6 is 11.3 Å². The Morgan fingerprint density at radius 2 is 2.00 bits per heavy atom. The highest BCUT2D eigenvalue weighted by Crippen LogP contribution is 2.29. The Labute approximate surface area is 136 Å². The Kier molecular flexibility index (Phi) is 5.91. The lowest BCUT2D eigenvalue weighted by Gasteiger charge is -2.21. The lowest BCUT2D eigenvalue weighted by atomic mass is 10.2. The monoisotopic (exact) mass is 320 g/mol. The molecule has 1 amide bonds. The molecule has 4 nitrogen and oxygen atoms in total. The van der Waals surface area contributed by atoms with Crippen LogP contribution in [0.5, 0.6) is 0 Å². The minimum absolute atomic E-state index is 0.0707. The highest BCUT2D eigenvalue weighted by atomic mass is 32.1. The van der Waals surface area contributed by atoms with Gasteiger partial charge in [-0.25, -0.2) is 4.98 Å². The van der Waals surface area contributed by atoms with Gasteiger partial charge in [0, 0.05) is 6.92 Å². The van der Waals surface area contributed by atoms with E-state index in [9.17, 15) is 4.79 Å². The van der Waals surface area contributed by atoms with E-state index in [0.29, 0.717) is 0 Å². The van der Waals surface area contributed by atoms with E-state index < -0.39 is 0 Å². The van der Waals surface area contributed by atoms with Crippen molar-refractivity contribution in [3.63, 3.8) is 0 Å². The van der Waals surface area contributed by atoms with Gasteiger partial charge in [-0.3, -0.25) is 9.69 Å². The Bertz CT molecular complexity index is 634. The maximum Gasteiger partial charge on any atom is 0.225 e. The maximum absolute atomic E-state index is 12.0. The number of benzene rings is 1. The molecule has 0 saturated carbocycles. The fourth-order valence-electron chi connectivity index (χ4n) is 2.55. The third-order valence-corrected chi connectivity index (χ3v) is 5.19. The summed E-state index contributed by atoms with van der Waals surface area (Å²) in [6.45, 7) is 12.0. The molecule has 22 heavy (non-hydrogen) atoms. The summed E-state index contributed by atoms with van der Waals surface area (Å²) in [6.07, 6.45) is 1.02. The highest BCUT2D eigenvalue weighted by molar-refractivity contribution is 7.22. The topological polar surface area (TPSA) is 37.6 Å². The number of likely N-dealkylation sites (N-methyl/N-ethyl adjacent to an activating group) is 1. The average molecular weight is 320 g/mol. The highest BCUT2D eigenvalue weighted by Gasteiger charge is 2.18. The predicted octanol–water partition coefficient (Wildman–Crippen LogP) is 2.14. The summed E-state index contributed by atoms with van der Waals surface area (Å²) in [5.41, 5.74) is 2.29. The second-order valence-electron chi connectivity index (χ2n) is 5.53. The van der Waals surface area contributed by atoms with Gasteiger partial charge in [0.2, 0.25) is 5.91 Å². The van der Waals surface area contributed by atoms with Gasteiger partial charge in [0.1, 0.15) is 0 Å². The van der Waals surface area contributed by atoms with Gasteiger partial charge >= 0.3 is 0 Å². The van der Waals surface area contributed by atoms with Crippen LogP contribution < -0.4 is 9.80 Å². The third kappa shape index (κ3) is 3.84. The zero-order valence-corrected chi connectivity index (χ0v) is 14.8. The summed E-state index contributed by atoms with van der Waals surface area (Å²) in [4.78, 5) is 20.0. The smallest absolute Gasteiger partial charge is 0.225 e. The fourth-order valence-corrected chi connectivity index (χ4v) is 3.65. The van der Waals surface area contributed by atoms with Gasteiger partial charge in [0.05, 0.1) is 36.4 Å². The number of hydrogen-bond donors (Lipinski definition) is 1. The van der Waals surface area contributed by atoms with Crippen molar-refractivity contribution in [2.24, 2.45) is 0 Å². The molecule has 1 heterocycles. The van der Waals surface area contributed by atoms with E-state index in [0.717, 1.165) is 47.9 Å². The quantitative estimate of drug-likeness (QED) is 0.849. The zero-order chi connectivity index (χ0) is 16.1. The number of quaternary nitrogens is 1. The Balaban J connectivity index is 2.22. The number of carbonyl (C=O) groups excluding carboxylic acids is 1. The first-order valence-electron chi connectivity index (χ1n) is 8.10. The third-order valence-electron chi connectivity index (χ3n) is 4.15. The van der Waals surface area contributed by atoms with Crippen molar-refractivity contribution in [2.45, 2.75) is 34.1 Å². The summed E-state index contributed by atoms with van der Waals surface area (Å²) in [7, 11) is 0. The molecule has 0 fully saturated rings. The number of nitrogens with zero attached hydrogens (tertiary/aromatic N) is 2. The van der Waals surface area contributed by atoms with Crippen LogP contribution in [0.15, 0.2) is 18.2 Å². The molecule has 0 unspecified atom stereocenters. The largest absolute Gasteiger partial charge is 0.334 e. The minimum atomic E-state index is 0.0707.